The van der Waals surface area contributed by atoms with E-state index < -0.39 is 35.6 Å². The molecule has 0 radical (unpaired) electrons. The number of ether oxygens (including phenoxy) is 1. The maximum Gasteiger partial charge on any atom is 0.253 e. The molecule has 244 valence electrons. The van der Waals surface area contributed by atoms with Crippen LogP contribution in [0.3, 0.4) is 0 Å². The first-order valence-electron chi connectivity index (χ1n) is 16.1. The lowest BCUT2D eigenvalue weighted by molar-refractivity contribution is -0.147. The minimum Gasteiger partial charge on any atom is -0.394 e. The Balaban J connectivity index is 1.42. The molecule has 2 bridgehead atoms. The van der Waals surface area contributed by atoms with Crippen LogP contribution >= 0.6 is 11.6 Å². The summed E-state index contributed by atoms with van der Waals surface area (Å²) in [7, 11) is 0. The second-order valence-corrected chi connectivity index (χ2v) is 13.0. The van der Waals surface area contributed by atoms with E-state index in [1.54, 1.807) is 46.2 Å². The van der Waals surface area contributed by atoms with Gasteiger partial charge in [-0.25, -0.2) is 0 Å². The molecule has 3 saturated heterocycles. The third-order valence-electron chi connectivity index (χ3n) is 9.77. The zero-order valence-corrected chi connectivity index (χ0v) is 27.0. The minimum atomic E-state index is -1.23. The number of aliphatic hydroxyl groups excluding tert-OH is 1. The van der Waals surface area contributed by atoms with Gasteiger partial charge in [-0.1, -0.05) is 84.4 Å². The van der Waals surface area contributed by atoms with E-state index in [9.17, 15) is 19.5 Å². The molecule has 9 heteroatoms. The van der Waals surface area contributed by atoms with E-state index in [2.05, 4.69) is 13.2 Å². The summed E-state index contributed by atoms with van der Waals surface area (Å²) in [6, 6.07) is 24.4. The van der Waals surface area contributed by atoms with E-state index in [4.69, 9.17) is 16.3 Å². The van der Waals surface area contributed by atoms with Crippen molar-refractivity contribution in [3.8, 4) is 0 Å². The Hall–Kier alpha value is -4.24. The number of hydrogen-bond acceptors (Lipinski definition) is 5. The highest BCUT2D eigenvalue weighted by molar-refractivity contribution is 6.30. The standard InChI is InChI=1S/C38H40ClN3O5/c1-3-21-40(24-27-13-9-6-10-14-27)35(44)32-31-19-20-38(47-31)33(32)36(45)42(30(25-43)23-26-11-7-5-8-12-26)34(38)37(46)41(22-4-2)29-17-15-28(39)16-18-29/h3-18,30-34,43H,1-2,19-25H2/t30-,31-,32+,33+,34?,38?/m1/s1. The number of rotatable bonds is 13. The minimum absolute atomic E-state index is 0.179. The van der Waals surface area contributed by atoms with Gasteiger partial charge in [0.25, 0.3) is 5.91 Å². The maximum atomic E-state index is 14.9. The summed E-state index contributed by atoms with van der Waals surface area (Å²) in [5, 5.41) is 11.3. The first kappa shape index (κ1) is 32.7. The molecule has 3 aliphatic heterocycles. The number of amides is 3. The van der Waals surface area contributed by atoms with Gasteiger partial charge in [-0.05, 0) is 54.7 Å². The Morgan fingerprint density at radius 3 is 2.21 bits per heavy atom. The average Bonchev–Trinajstić information content (AvgIpc) is 3.74. The predicted octanol–water partition coefficient (Wildman–Crippen LogP) is 5.05. The van der Waals surface area contributed by atoms with Crippen LogP contribution in [-0.2, 0) is 32.1 Å². The monoisotopic (exact) mass is 653 g/mol. The second-order valence-electron chi connectivity index (χ2n) is 12.5. The van der Waals surface area contributed by atoms with Crippen LogP contribution in [0.15, 0.2) is 110 Å². The molecule has 3 fully saturated rings. The van der Waals surface area contributed by atoms with E-state index in [1.807, 2.05) is 60.7 Å². The quantitative estimate of drug-likeness (QED) is 0.261. The van der Waals surface area contributed by atoms with Crippen molar-refractivity contribution in [3.63, 3.8) is 0 Å². The van der Waals surface area contributed by atoms with Crippen molar-refractivity contribution in [1.82, 2.24) is 9.80 Å². The summed E-state index contributed by atoms with van der Waals surface area (Å²) in [6.07, 6.45) is 4.11. The number of benzene rings is 3. The summed E-state index contributed by atoms with van der Waals surface area (Å²) < 4.78 is 6.75. The topological polar surface area (TPSA) is 90.4 Å². The van der Waals surface area contributed by atoms with Crippen LogP contribution in [0.4, 0.5) is 5.69 Å². The van der Waals surface area contributed by atoms with Gasteiger partial charge in [-0.15, -0.1) is 13.2 Å². The number of anilines is 1. The highest BCUT2D eigenvalue weighted by atomic mass is 35.5. The SMILES string of the molecule is C=CCN(Cc1ccccc1)C(=O)[C@@H]1[C@H]2C(=O)N([C@@H](CO)Cc3ccccc3)C(C(=O)N(CC=C)c3ccc(Cl)cc3)C23CC[C@H]1O3. The zero-order chi connectivity index (χ0) is 33.1. The Bertz CT molecular complexity index is 1620. The number of carbonyl (C=O) groups excluding carboxylic acids is 3. The first-order chi connectivity index (χ1) is 22.8. The van der Waals surface area contributed by atoms with Crippen LogP contribution in [-0.4, -0.2) is 76.1 Å². The van der Waals surface area contributed by atoms with Crippen molar-refractivity contribution >= 4 is 35.0 Å². The van der Waals surface area contributed by atoms with Crippen molar-refractivity contribution in [1.29, 1.82) is 0 Å². The molecule has 1 N–H and O–H groups in total. The van der Waals surface area contributed by atoms with Crippen LogP contribution in [0.5, 0.6) is 0 Å². The lowest BCUT2D eigenvalue weighted by Gasteiger charge is -2.39. The number of fused-ring (bicyclic) bond motifs is 1. The molecule has 1 spiro atoms. The fourth-order valence-electron chi connectivity index (χ4n) is 7.81. The number of likely N-dealkylation sites (tertiary alicyclic amines) is 1. The van der Waals surface area contributed by atoms with E-state index in [0.717, 1.165) is 11.1 Å². The van der Waals surface area contributed by atoms with Gasteiger partial charge in [0.15, 0.2) is 0 Å². The van der Waals surface area contributed by atoms with Gasteiger partial charge in [-0.3, -0.25) is 14.4 Å². The van der Waals surface area contributed by atoms with E-state index in [1.165, 1.54) is 4.90 Å². The van der Waals surface area contributed by atoms with Crippen molar-refractivity contribution in [2.45, 2.75) is 49.6 Å². The fraction of sp³-hybridized carbons (Fsp3) is 0.342. The number of halogens is 1. The molecule has 0 saturated carbocycles. The molecule has 6 atom stereocenters. The Kier molecular flexibility index (Phi) is 9.64. The third-order valence-corrected chi connectivity index (χ3v) is 10.0. The molecule has 6 rings (SSSR count). The molecule has 3 heterocycles. The smallest absolute Gasteiger partial charge is 0.253 e. The molecule has 3 aromatic rings. The molecule has 3 amide bonds. The molecule has 2 unspecified atom stereocenters. The van der Waals surface area contributed by atoms with Gasteiger partial charge in [-0.2, -0.15) is 0 Å². The molecule has 3 aliphatic rings. The molecule has 0 aliphatic carbocycles. The van der Waals surface area contributed by atoms with Gasteiger partial charge in [0.1, 0.15) is 11.6 Å². The number of hydrogen-bond donors (Lipinski definition) is 1. The molecule has 47 heavy (non-hydrogen) atoms. The number of carbonyl (C=O) groups is 3. The summed E-state index contributed by atoms with van der Waals surface area (Å²) >= 11 is 6.18. The predicted molar refractivity (Wildman–Crippen MR) is 182 cm³/mol. The van der Waals surface area contributed by atoms with Crippen LogP contribution < -0.4 is 4.90 Å². The lowest BCUT2D eigenvalue weighted by Crippen LogP contribution is -2.59. The summed E-state index contributed by atoms with van der Waals surface area (Å²) in [6.45, 7) is 8.22. The molecular weight excluding hydrogens is 614 g/mol. The largest absolute Gasteiger partial charge is 0.394 e. The van der Waals surface area contributed by atoms with Gasteiger partial charge >= 0.3 is 0 Å². The zero-order valence-electron chi connectivity index (χ0n) is 26.3. The molecule has 0 aromatic heterocycles. The van der Waals surface area contributed by atoms with Crippen molar-refractivity contribution < 1.29 is 24.2 Å². The third kappa shape index (κ3) is 6.02. The van der Waals surface area contributed by atoms with Crippen LogP contribution in [0, 0.1) is 11.8 Å². The summed E-state index contributed by atoms with van der Waals surface area (Å²) in [5.74, 6) is -2.55. The Morgan fingerprint density at radius 2 is 1.60 bits per heavy atom. The number of nitrogens with zero attached hydrogens (tertiary/aromatic N) is 3. The maximum absolute atomic E-state index is 14.9. The second kappa shape index (κ2) is 13.9. The number of aliphatic hydroxyl groups is 1. The summed E-state index contributed by atoms with van der Waals surface area (Å²) in [5.41, 5.74) is 1.23. The van der Waals surface area contributed by atoms with Crippen molar-refractivity contribution in [2.24, 2.45) is 11.8 Å². The molecular formula is C38H40ClN3O5. The highest BCUT2D eigenvalue weighted by Gasteiger charge is 2.75. The van der Waals surface area contributed by atoms with Crippen molar-refractivity contribution in [3.05, 3.63) is 126 Å². The van der Waals surface area contributed by atoms with Crippen LogP contribution in [0.25, 0.3) is 0 Å². The van der Waals surface area contributed by atoms with Crippen molar-refractivity contribution in [2.75, 3.05) is 24.6 Å². The lowest BCUT2D eigenvalue weighted by atomic mass is 9.70. The molecule has 8 nitrogen and oxygen atoms in total. The Morgan fingerprint density at radius 1 is 0.957 bits per heavy atom. The van der Waals surface area contributed by atoms with Gasteiger partial charge in [0.2, 0.25) is 11.8 Å². The van der Waals surface area contributed by atoms with Gasteiger partial charge in [0.05, 0.1) is 30.6 Å². The first-order valence-corrected chi connectivity index (χ1v) is 16.5. The fourth-order valence-corrected chi connectivity index (χ4v) is 7.93. The molecule has 3 aromatic carbocycles. The van der Waals surface area contributed by atoms with Gasteiger partial charge in [0, 0.05) is 30.3 Å². The van der Waals surface area contributed by atoms with E-state index >= 15 is 0 Å². The normalized spacial score (nSPS) is 24.9. The Labute approximate surface area is 280 Å². The summed E-state index contributed by atoms with van der Waals surface area (Å²) in [4.78, 5) is 49.0. The van der Waals surface area contributed by atoms with E-state index in [-0.39, 0.29) is 30.9 Å². The van der Waals surface area contributed by atoms with Crippen LogP contribution in [0.2, 0.25) is 5.02 Å². The average molecular weight is 654 g/mol. The van der Waals surface area contributed by atoms with Gasteiger partial charge < -0.3 is 24.5 Å². The highest BCUT2D eigenvalue weighted by Crippen LogP contribution is 2.59. The van der Waals surface area contributed by atoms with Crippen LogP contribution in [0.1, 0.15) is 24.0 Å². The van der Waals surface area contributed by atoms with E-state index in [0.29, 0.717) is 43.1 Å².